The number of hydrogen-bond acceptors (Lipinski definition) is 6. The molecule has 29 heavy (non-hydrogen) atoms. The summed E-state index contributed by atoms with van der Waals surface area (Å²) >= 11 is 0. The van der Waals surface area contributed by atoms with Gasteiger partial charge in [-0.25, -0.2) is 8.42 Å². The minimum absolute atomic E-state index is 0.0971. The molecule has 1 heterocycles. The molecule has 1 aliphatic rings. The van der Waals surface area contributed by atoms with E-state index in [1.807, 2.05) is 0 Å². The average Bonchev–Trinajstić information content (AvgIpc) is 2.67. The number of carbonyl (C=O) groups excluding carboxylic acids is 1. The van der Waals surface area contributed by atoms with Gasteiger partial charge in [-0.05, 0) is 55.2 Å². The van der Waals surface area contributed by atoms with Crippen molar-refractivity contribution in [2.75, 3.05) is 17.8 Å². The number of phenolic OH excluding ortho intramolecular Hbond substituents is 1. The van der Waals surface area contributed by atoms with Crippen LogP contribution < -0.4 is 4.72 Å². The average molecular weight is 419 g/mol. The second-order valence-electron chi connectivity index (χ2n) is 7.09. The molecule has 2 N–H and O–H groups in total. The summed E-state index contributed by atoms with van der Waals surface area (Å²) in [6, 6.07) is 8.82. The van der Waals surface area contributed by atoms with E-state index in [9.17, 15) is 28.4 Å². The monoisotopic (exact) mass is 419 g/mol. The fourth-order valence-corrected chi connectivity index (χ4v) is 4.35. The standard InChI is InChI=1S/C19H21N3O6S/c1-13-3-2-10-21(12-13)19(24)14-4-6-15(7-5-14)20-29(27,28)16-8-9-18(23)17(11-16)22(25)26/h4-9,11,13,20,23H,2-3,10,12H2,1H3. The number of aromatic hydroxyl groups is 1. The van der Waals surface area contributed by atoms with Gasteiger partial charge in [0.05, 0.1) is 9.82 Å². The van der Waals surface area contributed by atoms with Gasteiger partial charge in [0.15, 0.2) is 5.75 Å². The van der Waals surface area contributed by atoms with Crippen molar-refractivity contribution in [3.63, 3.8) is 0 Å². The van der Waals surface area contributed by atoms with Gasteiger partial charge in [-0.2, -0.15) is 0 Å². The number of carbonyl (C=O) groups is 1. The van der Waals surface area contributed by atoms with Crippen molar-refractivity contribution in [2.24, 2.45) is 5.92 Å². The lowest BCUT2D eigenvalue weighted by Gasteiger charge is -2.31. The van der Waals surface area contributed by atoms with Crippen LogP contribution >= 0.6 is 0 Å². The first-order valence-corrected chi connectivity index (χ1v) is 10.6. The molecule has 1 atom stereocenters. The normalized spacial score (nSPS) is 17.0. The van der Waals surface area contributed by atoms with Crippen molar-refractivity contribution in [2.45, 2.75) is 24.7 Å². The molecule has 1 aliphatic heterocycles. The van der Waals surface area contributed by atoms with Gasteiger partial charge in [0.2, 0.25) is 0 Å². The number of nitrogens with zero attached hydrogens (tertiary/aromatic N) is 2. The Kier molecular flexibility index (Phi) is 5.73. The van der Waals surface area contributed by atoms with Crippen molar-refractivity contribution in [1.29, 1.82) is 0 Å². The summed E-state index contributed by atoms with van der Waals surface area (Å²) in [7, 11) is -4.11. The third-order valence-corrected chi connectivity index (χ3v) is 6.16. The Bertz CT molecular complexity index is 1040. The van der Waals surface area contributed by atoms with Gasteiger partial charge >= 0.3 is 5.69 Å². The predicted octanol–water partition coefficient (Wildman–Crippen LogP) is 2.97. The maximum absolute atomic E-state index is 12.6. The van der Waals surface area contributed by atoms with Gasteiger partial charge in [0.1, 0.15) is 0 Å². The third-order valence-electron chi connectivity index (χ3n) is 4.78. The molecule has 1 amide bonds. The lowest BCUT2D eigenvalue weighted by Crippen LogP contribution is -2.39. The molecular formula is C19H21N3O6S. The molecule has 0 aromatic heterocycles. The maximum atomic E-state index is 12.6. The number of nitro benzene ring substituents is 1. The Balaban J connectivity index is 1.76. The topological polar surface area (TPSA) is 130 Å². The number of sulfonamides is 1. The lowest BCUT2D eigenvalue weighted by atomic mass is 9.99. The van der Waals surface area contributed by atoms with E-state index in [4.69, 9.17) is 0 Å². The minimum atomic E-state index is -4.11. The van der Waals surface area contributed by atoms with Crippen LogP contribution in [0.1, 0.15) is 30.1 Å². The zero-order valence-corrected chi connectivity index (χ0v) is 16.6. The number of nitro groups is 1. The van der Waals surface area contributed by atoms with E-state index in [2.05, 4.69) is 11.6 Å². The zero-order valence-electron chi connectivity index (χ0n) is 15.7. The molecule has 9 nitrogen and oxygen atoms in total. The first-order valence-electron chi connectivity index (χ1n) is 9.07. The fourth-order valence-electron chi connectivity index (χ4n) is 3.27. The quantitative estimate of drug-likeness (QED) is 0.566. The Hall–Kier alpha value is -3.14. The van der Waals surface area contributed by atoms with E-state index in [1.54, 1.807) is 17.0 Å². The molecule has 0 saturated carbocycles. The number of amides is 1. The summed E-state index contributed by atoms with van der Waals surface area (Å²) in [5.41, 5.74) is -0.0313. The molecule has 1 saturated heterocycles. The molecule has 0 spiro atoms. The number of rotatable bonds is 5. The van der Waals surface area contributed by atoms with Gasteiger partial charge in [0.25, 0.3) is 15.9 Å². The molecule has 2 aromatic rings. The van der Waals surface area contributed by atoms with Crippen LogP contribution in [0.5, 0.6) is 5.75 Å². The van der Waals surface area contributed by atoms with E-state index < -0.39 is 26.4 Å². The van der Waals surface area contributed by atoms with Crippen LogP contribution in [-0.2, 0) is 10.0 Å². The zero-order chi connectivity index (χ0) is 21.2. The van der Waals surface area contributed by atoms with E-state index in [1.165, 1.54) is 12.1 Å². The van der Waals surface area contributed by atoms with Crippen LogP contribution in [0.2, 0.25) is 0 Å². The van der Waals surface area contributed by atoms with Crippen LogP contribution in [0.3, 0.4) is 0 Å². The smallest absolute Gasteiger partial charge is 0.312 e. The second kappa shape index (κ2) is 8.08. The Morgan fingerprint density at radius 1 is 1.24 bits per heavy atom. The second-order valence-corrected chi connectivity index (χ2v) is 8.77. The first kappa shape index (κ1) is 20.6. The molecule has 1 fully saturated rings. The van der Waals surface area contributed by atoms with Gasteiger partial charge in [0, 0.05) is 30.4 Å². The molecule has 0 aliphatic carbocycles. The highest BCUT2D eigenvalue weighted by Gasteiger charge is 2.23. The number of nitrogens with one attached hydrogen (secondary N) is 1. The third kappa shape index (κ3) is 4.65. The summed E-state index contributed by atoms with van der Waals surface area (Å²) in [6.07, 6.45) is 2.06. The number of phenols is 1. The van der Waals surface area contributed by atoms with E-state index in [-0.39, 0.29) is 16.5 Å². The maximum Gasteiger partial charge on any atom is 0.312 e. The van der Waals surface area contributed by atoms with Gasteiger partial charge in [-0.1, -0.05) is 6.92 Å². The van der Waals surface area contributed by atoms with Crippen LogP contribution in [0.15, 0.2) is 47.4 Å². The van der Waals surface area contributed by atoms with Crippen molar-refractivity contribution in [1.82, 2.24) is 4.90 Å². The van der Waals surface area contributed by atoms with Crippen LogP contribution in [0.25, 0.3) is 0 Å². The highest BCUT2D eigenvalue weighted by atomic mass is 32.2. The number of anilines is 1. The summed E-state index contributed by atoms with van der Waals surface area (Å²) in [4.78, 5) is 24.1. The van der Waals surface area contributed by atoms with Crippen LogP contribution in [0, 0.1) is 16.0 Å². The van der Waals surface area contributed by atoms with E-state index >= 15 is 0 Å². The summed E-state index contributed by atoms with van der Waals surface area (Å²) < 4.78 is 27.3. The van der Waals surface area contributed by atoms with E-state index in [0.29, 0.717) is 24.6 Å². The fraction of sp³-hybridized carbons (Fsp3) is 0.316. The Morgan fingerprint density at radius 2 is 1.93 bits per heavy atom. The molecule has 0 radical (unpaired) electrons. The summed E-state index contributed by atoms with van der Waals surface area (Å²) in [5, 5.41) is 20.4. The predicted molar refractivity (Wildman–Crippen MR) is 106 cm³/mol. The summed E-state index contributed by atoms with van der Waals surface area (Å²) in [5.74, 6) is -0.267. The van der Waals surface area contributed by atoms with Gasteiger partial charge < -0.3 is 10.0 Å². The highest BCUT2D eigenvalue weighted by Crippen LogP contribution is 2.29. The molecule has 1 unspecified atom stereocenters. The molecule has 2 aromatic carbocycles. The van der Waals surface area contributed by atoms with Crippen molar-refractivity contribution >= 4 is 27.3 Å². The first-order chi connectivity index (χ1) is 13.7. The number of piperidine rings is 1. The lowest BCUT2D eigenvalue weighted by molar-refractivity contribution is -0.386. The molecular weight excluding hydrogens is 398 g/mol. The van der Waals surface area contributed by atoms with Crippen LogP contribution in [0.4, 0.5) is 11.4 Å². The SMILES string of the molecule is CC1CCCN(C(=O)c2ccc(NS(=O)(=O)c3ccc(O)c([N+](=O)[O-])c3)cc2)C1. The minimum Gasteiger partial charge on any atom is -0.502 e. The van der Waals surface area contributed by atoms with Crippen molar-refractivity contribution in [3.05, 3.63) is 58.1 Å². The number of benzene rings is 2. The van der Waals surface area contributed by atoms with Gasteiger partial charge in [-0.3, -0.25) is 19.6 Å². The van der Waals surface area contributed by atoms with E-state index in [0.717, 1.165) is 31.0 Å². The molecule has 10 heteroatoms. The molecule has 154 valence electrons. The molecule has 3 rings (SSSR count). The van der Waals surface area contributed by atoms with Gasteiger partial charge in [-0.15, -0.1) is 0 Å². The highest BCUT2D eigenvalue weighted by molar-refractivity contribution is 7.92. The largest absolute Gasteiger partial charge is 0.502 e. The number of likely N-dealkylation sites (tertiary alicyclic amines) is 1. The molecule has 0 bridgehead atoms. The van der Waals surface area contributed by atoms with Crippen molar-refractivity contribution < 1.29 is 23.2 Å². The Labute approximate surface area is 168 Å². The Morgan fingerprint density at radius 3 is 2.55 bits per heavy atom. The van der Waals surface area contributed by atoms with Crippen molar-refractivity contribution in [3.8, 4) is 5.75 Å². The van der Waals surface area contributed by atoms with Crippen LogP contribution in [-0.4, -0.2) is 42.3 Å². The summed E-state index contributed by atoms with van der Waals surface area (Å²) in [6.45, 7) is 3.51. The number of hydrogen-bond donors (Lipinski definition) is 2.